The number of anilines is 1. The van der Waals surface area contributed by atoms with Gasteiger partial charge in [0, 0.05) is 6.20 Å². The first kappa shape index (κ1) is 14.8. The minimum atomic E-state index is -3.78. The first-order valence-electron chi connectivity index (χ1n) is 5.86. The standard InChI is InChI=1S/C13H14ClN3O2S/c1-9-4-3-7-16-12(9)8-17-20(18,19)13-10(14)5-2-6-11(13)15/h2-7,17H,8,15H2,1H3. The summed E-state index contributed by atoms with van der Waals surface area (Å²) in [5.41, 5.74) is 7.36. The van der Waals surface area contributed by atoms with Gasteiger partial charge in [-0.1, -0.05) is 23.7 Å². The van der Waals surface area contributed by atoms with E-state index in [1.807, 2.05) is 13.0 Å². The van der Waals surface area contributed by atoms with E-state index < -0.39 is 10.0 Å². The molecule has 1 aromatic heterocycles. The minimum Gasteiger partial charge on any atom is -0.398 e. The van der Waals surface area contributed by atoms with Crippen LogP contribution in [0, 0.1) is 6.92 Å². The molecule has 0 saturated heterocycles. The molecule has 20 heavy (non-hydrogen) atoms. The first-order valence-corrected chi connectivity index (χ1v) is 7.72. The van der Waals surface area contributed by atoms with Crippen LogP contribution in [0.2, 0.25) is 5.02 Å². The number of rotatable bonds is 4. The maximum atomic E-state index is 12.3. The molecule has 106 valence electrons. The lowest BCUT2D eigenvalue weighted by molar-refractivity contribution is 0.580. The normalized spacial score (nSPS) is 11.5. The number of hydrogen-bond donors (Lipinski definition) is 2. The van der Waals surface area contributed by atoms with Gasteiger partial charge in [-0.15, -0.1) is 0 Å². The maximum absolute atomic E-state index is 12.3. The summed E-state index contributed by atoms with van der Waals surface area (Å²) in [5, 5.41) is 0.0928. The van der Waals surface area contributed by atoms with E-state index in [-0.39, 0.29) is 22.2 Å². The van der Waals surface area contributed by atoms with Crippen molar-refractivity contribution in [2.75, 3.05) is 5.73 Å². The molecule has 1 aromatic carbocycles. The number of aromatic nitrogens is 1. The van der Waals surface area contributed by atoms with Crippen LogP contribution in [0.25, 0.3) is 0 Å². The van der Waals surface area contributed by atoms with Crippen molar-refractivity contribution in [3.8, 4) is 0 Å². The summed E-state index contributed by atoms with van der Waals surface area (Å²) >= 11 is 5.91. The second kappa shape index (κ2) is 5.78. The van der Waals surface area contributed by atoms with Crippen LogP contribution < -0.4 is 10.5 Å². The Kier molecular flexibility index (Phi) is 4.27. The Balaban J connectivity index is 2.27. The molecular weight excluding hydrogens is 298 g/mol. The van der Waals surface area contributed by atoms with Crippen LogP contribution in [0.5, 0.6) is 0 Å². The summed E-state index contributed by atoms with van der Waals surface area (Å²) in [6, 6.07) is 8.23. The van der Waals surface area contributed by atoms with Crippen LogP contribution in [-0.2, 0) is 16.6 Å². The summed E-state index contributed by atoms with van der Waals surface area (Å²) in [7, 11) is -3.78. The molecule has 0 aliphatic carbocycles. The Morgan fingerprint density at radius 1 is 1.30 bits per heavy atom. The molecule has 0 aliphatic heterocycles. The fourth-order valence-electron chi connectivity index (χ4n) is 1.75. The molecular formula is C13H14ClN3O2S. The highest BCUT2D eigenvalue weighted by Gasteiger charge is 2.21. The van der Waals surface area contributed by atoms with E-state index in [1.165, 1.54) is 12.1 Å². The van der Waals surface area contributed by atoms with Crippen LogP contribution in [0.1, 0.15) is 11.3 Å². The number of pyridine rings is 1. The van der Waals surface area contributed by atoms with Gasteiger partial charge in [0.25, 0.3) is 0 Å². The number of hydrogen-bond acceptors (Lipinski definition) is 4. The smallest absolute Gasteiger partial charge is 0.244 e. The van der Waals surface area contributed by atoms with Crippen LogP contribution in [0.15, 0.2) is 41.4 Å². The highest BCUT2D eigenvalue weighted by Crippen LogP contribution is 2.26. The Hall–Kier alpha value is -1.63. The molecule has 0 aliphatic rings. The fourth-order valence-corrected chi connectivity index (χ4v) is 3.41. The molecule has 0 radical (unpaired) electrons. The quantitative estimate of drug-likeness (QED) is 0.847. The van der Waals surface area contributed by atoms with E-state index in [0.29, 0.717) is 5.69 Å². The third-order valence-corrected chi connectivity index (χ3v) is 4.76. The summed E-state index contributed by atoms with van der Waals surface area (Å²) in [6.45, 7) is 1.94. The average Bonchev–Trinajstić information content (AvgIpc) is 2.37. The number of nitrogen functional groups attached to an aromatic ring is 1. The molecule has 5 nitrogen and oxygen atoms in total. The zero-order chi connectivity index (χ0) is 14.8. The first-order chi connectivity index (χ1) is 9.42. The monoisotopic (exact) mass is 311 g/mol. The molecule has 0 fully saturated rings. The summed E-state index contributed by atoms with van der Waals surface area (Å²) in [4.78, 5) is 4.03. The van der Waals surface area contributed by atoms with Crippen molar-refractivity contribution in [1.29, 1.82) is 0 Å². The van der Waals surface area contributed by atoms with Crippen molar-refractivity contribution in [1.82, 2.24) is 9.71 Å². The van der Waals surface area contributed by atoms with Crippen molar-refractivity contribution in [2.45, 2.75) is 18.4 Å². The van der Waals surface area contributed by atoms with Crippen LogP contribution in [-0.4, -0.2) is 13.4 Å². The number of nitrogens with two attached hydrogens (primary N) is 1. The second-order valence-electron chi connectivity index (χ2n) is 4.25. The lowest BCUT2D eigenvalue weighted by Crippen LogP contribution is -2.25. The predicted molar refractivity (Wildman–Crippen MR) is 78.9 cm³/mol. The topological polar surface area (TPSA) is 85.1 Å². The second-order valence-corrected chi connectivity index (χ2v) is 6.36. The molecule has 0 spiro atoms. The number of sulfonamides is 1. The predicted octanol–water partition coefficient (Wildman–Crippen LogP) is 2.10. The van der Waals surface area contributed by atoms with Gasteiger partial charge in [-0.2, -0.15) is 0 Å². The molecule has 2 rings (SSSR count). The number of nitrogens with one attached hydrogen (secondary N) is 1. The fraction of sp³-hybridized carbons (Fsp3) is 0.154. The van der Waals surface area contributed by atoms with Crippen molar-refractivity contribution in [3.05, 3.63) is 52.8 Å². The number of aryl methyl sites for hydroxylation is 1. The van der Waals surface area contributed by atoms with Gasteiger partial charge in [-0.25, -0.2) is 13.1 Å². The number of halogens is 1. The maximum Gasteiger partial charge on any atom is 0.244 e. The van der Waals surface area contributed by atoms with Gasteiger partial charge < -0.3 is 5.73 Å². The van der Waals surface area contributed by atoms with E-state index in [9.17, 15) is 8.42 Å². The Labute approximate surface area is 122 Å². The van der Waals surface area contributed by atoms with Crippen LogP contribution in [0.4, 0.5) is 5.69 Å². The molecule has 0 saturated carbocycles. The Morgan fingerprint density at radius 2 is 2.05 bits per heavy atom. The van der Waals surface area contributed by atoms with Gasteiger partial charge >= 0.3 is 0 Å². The molecule has 0 bridgehead atoms. The third-order valence-electron chi connectivity index (χ3n) is 2.81. The van der Waals surface area contributed by atoms with Crippen LogP contribution >= 0.6 is 11.6 Å². The molecule has 0 amide bonds. The zero-order valence-electron chi connectivity index (χ0n) is 10.8. The zero-order valence-corrected chi connectivity index (χ0v) is 12.4. The molecule has 1 heterocycles. The highest BCUT2D eigenvalue weighted by molar-refractivity contribution is 7.89. The van der Waals surface area contributed by atoms with Gasteiger partial charge in [-0.3, -0.25) is 4.98 Å². The highest BCUT2D eigenvalue weighted by atomic mass is 35.5. The molecule has 0 unspecified atom stereocenters. The van der Waals surface area contributed by atoms with Crippen molar-refractivity contribution < 1.29 is 8.42 Å². The van der Waals surface area contributed by atoms with E-state index in [0.717, 1.165) is 5.56 Å². The van der Waals surface area contributed by atoms with Gasteiger partial charge in [0.2, 0.25) is 10.0 Å². The van der Waals surface area contributed by atoms with E-state index in [2.05, 4.69) is 9.71 Å². The summed E-state index contributed by atoms with van der Waals surface area (Å²) in [5.74, 6) is 0. The summed E-state index contributed by atoms with van der Waals surface area (Å²) in [6.07, 6.45) is 1.61. The third kappa shape index (κ3) is 3.09. The number of nitrogens with zero attached hydrogens (tertiary/aromatic N) is 1. The van der Waals surface area contributed by atoms with Gasteiger partial charge in [0.1, 0.15) is 4.90 Å². The number of benzene rings is 1. The SMILES string of the molecule is Cc1cccnc1CNS(=O)(=O)c1c(N)cccc1Cl. The Morgan fingerprint density at radius 3 is 2.70 bits per heavy atom. The molecule has 3 N–H and O–H groups in total. The molecule has 0 atom stereocenters. The largest absolute Gasteiger partial charge is 0.398 e. The van der Waals surface area contributed by atoms with Crippen molar-refractivity contribution in [2.24, 2.45) is 0 Å². The van der Waals surface area contributed by atoms with E-state index in [4.69, 9.17) is 17.3 Å². The summed E-state index contributed by atoms with van der Waals surface area (Å²) < 4.78 is 27.0. The molecule has 2 aromatic rings. The van der Waals surface area contributed by atoms with Gasteiger partial charge in [-0.05, 0) is 30.7 Å². The average molecular weight is 312 g/mol. The minimum absolute atomic E-state index is 0.0830. The lowest BCUT2D eigenvalue weighted by Gasteiger charge is -2.11. The van der Waals surface area contributed by atoms with Gasteiger partial charge in [0.15, 0.2) is 0 Å². The van der Waals surface area contributed by atoms with Crippen molar-refractivity contribution >= 4 is 27.3 Å². The van der Waals surface area contributed by atoms with Gasteiger partial charge in [0.05, 0.1) is 22.9 Å². The molecule has 7 heteroatoms. The Bertz CT molecular complexity index is 712. The van der Waals surface area contributed by atoms with E-state index >= 15 is 0 Å². The lowest BCUT2D eigenvalue weighted by atomic mass is 10.2. The van der Waals surface area contributed by atoms with E-state index in [1.54, 1.807) is 18.3 Å². The van der Waals surface area contributed by atoms with Crippen molar-refractivity contribution in [3.63, 3.8) is 0 Å². The van der Waals surface area contributed by atoms with Crippen LogP contribution in [0.3, 0.4) is 0 Å².